The Hall–Kier alpha value is -2.09. The molecule has 1 aliphatic heterocycles. The van der Waals surface area contributed by atoms with Crippen molar-refractivity contribution in [1.82, 2.24) is 15.5 Å². The topological polar surface area (TPSA) is 56.7 Å². The molecule has 1 amide bonds. The Morgan fingerprint density at radius 3 is 2.50 bits per heavy atom. The molecular weight excluding hydrogens is 463 g/mol. The quantitative estimate of drug-likeness (QED) is 0.282. The number of halogens is 1. The van der Waals surface area contributed by atoms with Crippen LogP contribution in [-0.4, -0.2) is 36.9 Å². The molecule has 1 aliphatic rings. The summed E-state index contributed by atoms with van der Waals surface area (Å²) < 4.78 is 0. The van der Waals surface area contributed by atoms with Gasteiger partial charge in [-0.15, -0.1) is 24.0 Å². The summed E-state index contributed by atoms with van der Waals surface area (Å²) in [5.74, 6) is 0.997. The summed E-state index contributed by atoms with van der Waals surface area (Å²) in [6, 6.07) is 18.6. The van der Waals surface area contributed by atoms with Gasteiger partial charge in [0, 0.05) is 39.6 Å². The Morgan fingerprint density at radius 1 is 1.04 bits per heavy atom. The second-order valence-corrected chi connectivity index (χ2v) is 6.78. The third kappa shape index (κ3) is 6.51. The summed E-state index contributed by atoms with van der Waals surface area (Å²) in [5, 5.41) is 6.57. The van der Waals surface area contributed by atoms with E-state index in [9.17, 15) is 4.79 Å². The molecule has 0 radical (unpaired) electrons. The SMILES string of the molecule is CN=C(NCCCC(=O)N1CCc2ccccc2C1)NCc1ccccc1.I. The molecule has 2 aromatic rings. The van der Waals surface area contributed by atoms with Gasteiger partial charge in [0.1, 0.15) is 0 Å². The number of benzene rings is 2. The van der Waals surface area contributed by atoms with Crippen LogP contribution in [0, 0.1) is 0 Å². The van der Waals surface area contributed by atoms with E-state index >= 15 is 0 Å². The summed E-state index contributed by atoms with van der Waals surface area (Å²) >= 11 is 0. The molecule has 0 fully saturated rings. The molecular formula is C22H29IN4O. The first-order chi connectivity index (χ1) is 13.3. The van der Waals surface area contributed by atoms with Gasteiger partial charge in [-0.3, -0.25) is 9.79 Å². The van der Waals surface area contributed by atoms with Crippen LogP contribution in [0.15, 0.2) is 59.6 Å². The van der Waals surface area contributed by atoms with Crippen LogP contribution >= 0.6 is 24.0 Å². The highest BCUT2D eigenvalue weighted by Crippen LogP contribution is 2.19. The van der Waals surface area contributed by atoms with Gasteiger partial charge < -0.3 is 15.5 Å². The summed E-state index contributed by atoms with van der Waals surface area (Å²) in [6.07, 6.45) is 2.31. The van der Waals surface area contributed by atoms with Gasteiger partial charge in [-0.1, -0.05) is 54.6 Å². The fourth-order valence-electron chi connectivity index (χ4n) is 3.32. The van der Waals surface area contributed by atoms with Crippen molar-refractivity contribution < 1.29 is 4.79 Å². The molecule has 0 aliphatic carbocycles. The van der Waals surface area contributed by atoms with Gasteiger partial charge in [0.2, 0.25) is 5.91 Å². The van der Waals surface area contributed by atoms with Crippen molar-refractivity contribution in [3.8, 4) is 0 Å². The number of fused-ring (bicyclic) bond motifs is 1. The van der Waals surface area contributed by atoms with E-state index < -0.39 is 0 Å². The van der Waals surface area contributed by atoms with E-state index in [0.29, 0.717) is 6.42 Å². The number of carbonyl (C=O) groups is 1. The van der Waals surface area contributed by atoms with E-state index in [1.165, 1.54) is 16.7 Å². The summed E-state index contributed by atoms with van der Waals surface area (Å²) in [4.78, 5) is 18.7. The molecule has 3 rings (SSSR count). The zero-order valence-corrected chi connectivity index (χ0v) is 18.7. The number of hydrogen-bond acceptors (Lipinski definition) is 2. The normalized spacial score (nSPS) is 13.3. The van der Waals surface area contributed by atoms with Crippen LogP contribution in [-0.2, 0) is 24.3 Å². The minimum absolute atomic E-state index is 0. The van der Waals surface area contributed by atoms with Crippen LogP contribution < -0.4 is 10.6 Å². The average Bonchev–Trinajstić information content (AvgIpc) is 2.73. The molecule has 0 bridgehead atoms. The second-order valence-electron chi connectivity index (χ2n) is 6.78. The number of guanidine groups is 1. The molecule has 150 valence electrons. The predicted molar refractivity (Wildman–Crippen MR) is 125 cm³/mol. The molecule has 2 N–H and O–H groups in total. The maximum Gasteiger partial charge on any atom is 0.222 e. The van der Waals surface area contributed by atoms with Crippen LogP contribution in [0.25, 0.3) is 0 Å². The molecule has 0 aromatic heterocycles. The number of aliphatic imine (C=N–C) groups is 1. The van der Waals surface area contributed by atoms with Gasteiger partial charge in [0.25, 0.3) is 0 Å². The molecule has 0 saturated carbocycles. The van der Waals surface area contributed by atoms with Crippen LogP contribution in [0.2, 0.25) is 0 Å². The Labute approximate surface area is 184 Å². The van der Waals surface area contributed by atoms with Crippen molar-refractivity contribution in [3.63, 3.8) is 0 Å². The highest BCUT2D eigenvalue weighted by molar-refractivity contribution is 14.0. The van der Waals surface area contributed by atoms with Crippen molar-refractivity contribution in [3.05, 3.63) is 71.3 Å². The van der Waals surface area contributed by atoms with Gasteiger partial charge in [0.15, 0.2) is 5.96 Å². The van der Waals surface area contributed by atoms with Gasteiger partial charge in [-0.2, -0.15) is 0 Å². The average molecular weight is 492 g/mol. The standard InChI is InChI=1S/C22H28N4O.HI/c1-23-22(25-16-18-8-3-2-4-9-18)24-14-7-12-21(27)26-15-13-19-10-5-6-11-20(19)17-26;/h2-6,8-11H,7,12-17H2,1H3,(H2,23,24,25);1H. The summed E-state index contributed by atoms with van der Waals surface area (Å²) in [6.45, 7) is 3.02. The minimum Gasteiger partial charge on any atom is -0.356 e. The largest absolute Gasteiger partial charge is 0.356 e. The maximum absolute atomic E-state index is 12.5. The lowest BCUT2D eigenvalue weighted by molar-refractivity contribution is -0.132. The molecule has 0 unspecified atom stereocenters. The van der Waals surface area contributed by atoms with E-state index in [1.807, 2.05) is 29.2 Å². The first-order valence-electron chi connectivity index (χ1n) is 9.59. The predicted octanol–water partition coefficient (Wildman–Crippen LogP) is 3.33. The maximum atomic E-state index is 12.5. The fraction of sp³-hybridized carbons (Fsp3) is 0.364. The van der Waals surface area contributed by atoms with Crippen molar-refractivity contribution in [1.29, 1.82) is 0 Å². The highest BCUT2D eigenvalue weighted by atomic mass is 127. The van der Waals surface area contributed by atoms with Crippen LogP contribution in [0.1, 0.15) is 29.5 Å². The third-order valence-corrected chi connectivity index (χ3v) is 4.87. The lowest BCUT2D eigenvalue weighted by Gasteiger charge is -2.29. The number of nitrogens with one attached hydrogen (secondary N) is 2. The Kier molecular flexibility index (Phi) is 9.27. The first-order valence-corrected chi connectivity index (χ1v) is 9.59. The van der Waals surface area contributed by atoms with E-state index in [1.54, 1.807) is 7.05 Å². The Balaban J connectivity index is 0.00000280. The molecule has 28 heavy (non-hydrogen) atoms. The van der Waals surface area contributed by atoms with Gasteiger partial charge in [-0.05, 0) is 29.5 Å². The molecule has 5 nitrogen and oxygen atoms in total. The highest BCUT2D eigenvalue weighted by Gasteiger charge is 2.19. The van der Waals surface area contributed by atoms with Gasteiger partial charge in [-0.25, -0.2) is 0 Å². The second kappa shape index (κ2) is 11.7. The van der Waals surface area contributed by atoms with Gasteiger partial charge >= 0.3 is 0 Å². The smallest absolute Gasteiger partial charge is 0.222 e. The van der Waals surface area contributed by atoms with Crippen LogP contribution in [0.3, 0.4) is 0 Å². The Morgan fingerprint density at radius 2 is 1.75 bits per heavy atom. The third-order valence-electron chi connectivity index (χ3n) is 4.87. The first kappa shape index (κ1) is 22.2. The zero-order chi connectivity index (χ0) is 18.9. The molecule has 1 heterocycles. The van der Waals surface area contributed by atoms with Crippen LogP contribution in [0.5, 0.6) is 0 Å². The molecule has 6 heteroatoms. The van der Waals surface area contributed by atoms with Crippen molar-refractivity contribution in [2.75, 3.05) is 20.1 Å². The molecule has 0 saturated heterocycles. The van der Waals surface area contributed by atoms with E-state index in [2.05, 4.69) is 46.0 Å². The lowest BCUT2D eigenvalue weighted by Crippen LogP contribution is -2.38. The van der Waals surface area contributed by atoms with Crippen molar-refractivity contribution in [2.45, 2.75) is 32.4 Å². The number of hydrogen-bond donors (Lipinski definition) is 2. The number of amides is 1. The molecule has 0 atom stereocenters. The summed E-state index contributed by atoms with van der Waals surface area (Å²) in [5.41, 5.74) is 3.86. The minimum atomic E-state index is 0. The molecule has 0 spiro atoms. The van der Waals surface area contributed by atoms with Crippen molar-refractivity contribution in [2.24, 2.45) is 4.99 Å². The molecule has 2 aromatic carbocycles. The fourth-order valence-corrected chi connectivity index (χ4v) is 3.32. The van der Waals surface area contributed by atoms with Crippen LogP contribution in [0.4, 0.5) is 0 Å². The number of carbonyl (C=O) groups excluding carboxylic acids is 1. The van der Waals surface area contributed by atoms with Gasteiger partial charge in [0.05, 0.1) is 0 Å². The summed E-state index contributed by atoms with van der Waals surface area (Å²) in [7, 11) is 1.76. The van der Waals surface area contributed by atoms with E-state index in [4.69, 9.17) is 0 Å². The van der Waals surface area contributed by atoms with E-state index in [-0.39, 0.29) is 29.9 Å². The lowest BCUT2D eigenvalue weighted by atomic mass is 9.99. The Bertz CT molecular complexity index is 779. The number of nitrogens with zero attached hydrogens (tertiary/aromatic N) is 2. The monoisotopic (exact) mass is 492 g/mol. The van der Waals surface area contributed by atoms with Crippen molar-refractivity contribution >= 4 is 35.8 Å². The van der Waals surface area contributed by atoms with E-state index in [0.717, 1.165) is 45.0 Å². The number of rotatable bonds is 6. The zero-order valence-electron chi connectivity index (χ0n) is 16.4.